The van der Waals surface area contributed by atoms with Crippen LogP contribution in [0.1, 0.15) is 0 Å². The van der Waals surface area contributed by atoms with Crippen LogP contribution < -0.4 is 6.15 Å². The fourth-order valence-corrected chi connectivity index (χ4v) is 0. The van der Waals surface area contributed by atoms with Crippen LogP contribution in [0.2, 0.25) is 0 Å². The van der Waals surface area contributed by atoms with Crippen molar-refractivity contribution in [2.45, 2.75) is 0 Å². The van der Waals surface area contributed by atoms with Crippen LogP contribution in [0.25, 0.3) is 0 Å². The van der Waals surface area contributed by atoms with Gasteiger partial charge in [0.2, 0.25) is 0 Å². The summed E-state index contributed by atoms with van der Waals surface area (Å²) in [5.41, 5.74) is 0. The van der Waals surface area contributed by atoms with Crippen LogP contribution in [0.3, 0.4) is 0 Å². The van der Waals surface area contributed by atoms with Gasteiger partial charge in [0.25, 0.3) is 0 Å². The monoisotopic (exact) mass is 2970 g/mol. The molecule has 0 atom stereocenters. The molecule has 76 N–H and O–H groups in total. The van der Waals surface area contributed by atoms with E-state index in [2.05, 4.69) is 0 Å². The summed E-state index contributed by atoms with van der Waals surface area (Å²) in [6, 6.07) is 0. The second-order valence-electron chi connectivity index (χ2n) is 0.600. The predicted octanol–water partition coefficient (Wildman–Crippen LogP) is -29.4. The van der Waals surface area contributed by atoms with E-state index >= 15 is 0 Å². The van der Waals surface area contributed by atoms with E-state index in [0.717, 1.165) is 0 Å². The van der Waals surface area contributed by atoms with E-state index < -0.39 is 9.05 Å². The molecule has 0 heterocycles. The molecule has 0 saturated carbocycles. The third-order valence-electron chi connectivity index (χ3n) is 0. The number of hydrogen-bond acceptors (Lipinski definition) is 8. The van der Waals surface area contributed by atoms with Gasteiger partial charge in [0.15, 0.2) is 0 Å². The molecule has 0 aromatic rings. The van der Waals surface area contributed by atoms with Crippen molar-refractivity contribution >= 4 is 9.05 Å². The largest absolute Gasteiger partial charge is 0.870 e. The SMILES string of the molecule is O.O.O.O.O.O.O.O.O.O.O.O.O.O.O.O.O.O.O.O.O.O.O.O.O.O.O.O.O.O.O.O.O[Si](O)(O)O.[NH4+].[OH-].[OH-].[OH-].[OH-].[W].[W].[W].[W].[W].[W].[W].[W].[W].[W].[W].[W]. The Morgan fingerprint density at radius 3 is 0.148 bits per heavy atom. The van der Waals surface area contributed by atoms with Gasteiger partial charge in [0.1, 0.15) is 0 Å². The molecule has 0 fully saturated rings. The van der Waals surface area contributed by atoms with Gasteiger partial charge < -0.3 is 222 Å². The van der Waals surface area contributed by atoms with E-state index in [0.29, 0.717) is 0 Å². The van der Waals surface area contributed by atoms with Gasteiger partial charge in [0, 0.05) is 253 Å². The Morgan fingerprint density at radius 1 is 0.148 bits per heavy atom. The minimum absolute atomic E-state index is 0. The fourth-order valence-electron chi connectivity index (χ4n) is 0. The molecule has 0 bridgehead atoms. The van der Waals surface area contributed by atoms with Crippen LogP contribution >= 0.6 is 0 Å². The zero-order valence-electron chi connectivity index (χ0n) is 26.0. The second-order valence-corrected chi connectivity index (χ2v) is 1.80. The smallest absolute Gasteiger partial charge is 0.668 e. The Morgan fingerprint density at radius 2 is 0.148 bits per heavy atom. The minimum atomic E-state index is -4.61. The summed E-state index contributed by atoms with van der Waals surface area (Å²) in [7, 11) is -4.61. The molecule has 0 unspecified atom stereocenters. The molecular weight excluding hydrogens is 2890 g/mol. The van der Waals surface area contributed by atoms with Gasteiger partial charge in [-0.1, -0.05) is 0 Å². The van der Waals surface area contributed by atoms with Crippen molar-refractivity contribution < 1.29 is 469 Å². The number of rotatable bonds is 0. The van der Waals surface area contributed by atoms with Crippen molar-refractivity contribution in [2.24, 2.45) is 0 Å². The van der Waals surface area contributed by atoms with E-state index in [9.17, 15) is 0 Å². The van der Waals surface area contributed by atoms with Crippen LogP contribution in [-0.4, -0.2) is 225 Å². The molecule has 0 rings (SSSR count). The normalized spacial score (nSPS) is 1.11. The molecule has 54 heteroatoms. The van der Waals surface area contributed by atoms with Crippen LogP contribution in [-0.2, 0) is 253 Å². The number of hydrogen-bond donors (Lipinski definition) is 5. The van der Waals surface area contributed by atoms with Gasteiger partial charge >= 0.3 is 9.05 Å². The zero-order chi connectivity index (χ0) is 4.50. The molecule has 0 aliphatic rings. The molecule has 0 aliphatic carbocycles. The zero-order valence-corrected chi connectivity index (χ0v) is 62.2. The Bertz CT molecular complexity index is 70.4. The summed E-state index contributed by atoms with van der Waals surface area (Å²) in [6.07, 6.45) is 0. The summed E-state index contributed by atoms with van der Waals surface area (Å²) in [6.45, 7) is 0. The third-order valence-corrected chi connectivity index (χ3v) is 0. The predicted molar refractivity (Wildman–Crippen MR) is 144 cm³/mol. The molecule has 0 amide bonds. The molecule has 0 radical (unpaired) electrons. The molecule has 400 valence electrons. The first-order valence-corrected chi connectivity index (χ1v) is 2.68. The second kappa shape index (κ2) is 1260. The van der Waals surface area contributed by atoms with E-state index in [-0.39, 0.29) is 456 Å². The summed E-state index contributed by atoms with van der Waals surface area (Å²) in [4.78, 5) is 29.3. The van der Waals surface area contributed by atoms with Gasteiger partial charge in [0.05, 0.1) is 0 Å². The van der Waals surface area contributed by atoms with Crippen LogP contribution in [0.5, 0.6) is 0 Å². The van der Waals surface area contributed by atoms with Crippen molar-refractivity contribution in [3.05, 3.63) is 0 Å². The third kappa shape index (κ3) is 4210. The van der Waals surface area contributed by atoms with E-state index in [1.807, 2.05) is 0 Å². The van der Waals surface area contributed by atoms with Gasteiger partial charge in [-0.2, -0.15) is 0 Å². The van der Waals surface area contributed by atoms with Crippen LogP contribution in [0.4, 0.5) is 0 Å². The quantitative estimate of drug-likeness (QED) is 0.145. The molecule has 41 nitrogen and oxygen atoms in total. The first-order chi connectivity index (χ1) is 2.00. The summed E-state index contributed by atoms with van der Waals surface area (Å²) in [5, 5.41) is 0. The molecular formula is H76NO40SiW12-3. The van der Waals surface area contributed by atoms with Gasteiger partial charge in [-0.25, -0.2) is 0 Å². The fraction of sp³-hybridized carbons (Fsp3) is 0. The van der Waals surface area contributed by atoms with Crippen molar-refractivity contribution in [3.8, 4) is 0 Å². The Labute approximate surface area is 478 Å². The first-order valence-electron chi connectivity index (χ1n) is 0.894. The van der Waals surface area contributed by atoms with E-state index in [4.69, 9.17) is 19.2 Å². The molecule has 54 heavy (non-hydrogen) atoms. The maximum absolute atomic E-state index is 7.33. The Hall–Kier alpha value is 6.84. The standard InChI is InChI=1S/H3N.H4O4Si.36H2O.12W/c;1-5(2,3)4;;;;;;;;;;;;;;;;;;;;;;;;;;;;;;;;;;;;;;;;;;;;;;;;/h1H3;1-4H;36*1H2;;;;;;;;;;;;/p-3. The van der Waals surface area contributed by atoms with Crippen molar-refractivity contribution in [1.29, 1.82) is 0 Å². The maximum atomic E-state index is 7.33. The van der Waals surface area contributed by atoms with E-state index in [1.54, 1.807) is 0 Å². The van der Waals surface area contributed by atoms with Gasteiger partial charge in [-0.3, -0.25) is 0 Å². The minimum Gasteiger partial charge on any atom is -0.870 e. The van der Waals surface area contributed by atoms with Crippen LogP contribution in [0, 0.1) is 0 Å². The average molecular weight is 2960 g/mol. The Balaban J connectivity index is -0.0000000000680. The molecule has 0 aliphatic heterocycles. The molecule has 0 spiro atoms. The topological polar surface area (TPSA) is 1250 Å². The van der Waals surface area contributed by atoms with Gasteiger partial charge in [-0.05, 0) is 0 Å². The van der Waals surface area contributed by atoms with Crippen molar-refractivity contribution in [1.82, 2.24) is 6.15 Å². The van der Waals surface area contributed by atoms with Crippen LogP contribution in [0.15, 0.2) is 0 Å². The average Bonchev–Trinajstić information content (AvgIpc) is 0.722. The van der Waals surface area contributed by atoms with Gasteiger partial charge in [-0.15, -0.1) is 0 Å². The van der Waals surface area contributed by atoms with Crippen molar-refractivity contribution in [2.75, 3.05) is 0 Å². The molecule has 0 aromatic carbocycles. The maximum Gasteiger partial charge on any atom is 0.668 e. The first kappa shape index (κ1) is 1850. The summed E-state index contributed by atoms with van der Waals surface area (Å²) >= 11 is 0. The summed E-state index contributed by atoms with van der Waals surface area (Å²) < 4.78 is 0. The molecule has 0 saturated heterocycles. The van der Waals surface area contributed by atoms with E-state index in [1.165, 1.54) is 0 Å². The van der Waals surface area contributed by atoms with Crippen molar-refractivity contribution in [3.63, 3.8) is 0 Å². The number of quaternary nitrogens is 1. The molecule has 0 aromatic heterocycles. The summed E-state index contributed by atoms with van der Waals surface area (Å²) in [5.74, 6) is 0. The Kier molecular flexibility index (Phi) is 43200.